The molecule has 0 aliphatic carbocycles. The Morgan fingerprint density at radius 3 is 2.35 bits per heavy atom. The van der Waals surface area contributed by atoms with E-state index in [9.17, 15) is 19.1 Å². The number of aryl methyl sites for hydroxylation is 1. The molecule has 0 aliphatic rings. The minimum absolute atomic E-state index is 0.0388. The number of primary amides is 1. The average Bonchev–Trinajstić information content (AvgIpc) is 2.54. The monoisotopic (exact) mass is 359 g/mol. The first-order chi connectivity index (χ1) is 12.1. The number of hydrogen-bond acceptors (Lipinski definition) is 4. The molecule has 2 aromatic rings. The van der Waals surface area contributed by atoms with Crippen LogP contribution in [0.3, 0.4) is 0 Å². The number of benzene rings is 2. The molecule has 0 saturated heterocycles. The van der Waals surface area contributed by atoms with Crippen LogP contribution in [0.1, 0.15) is 47.7 Å². The Kier molecular flexibility index (Phi) is 5.65. The number of hydrogen-bond donors (Lipinski definition) is 2. The lowest BCUT2D eigenvalue weighted by molar-refractivity contribution is 0.0325. The van der Waals surface area contributed by atoms with Gasteiger partial charge < -0.3 is 15.6 Å². The summed E-state index contributed by atoms with van der Waals surface area (Å²) in [4.78, 5) is 24.2. The number of Topliss-reactive ketones (excluding diaryl/α,β-unsaturated/α-hetero) is 1. The highest BCUT2D eigenvalue weighted by Gasteiger charge is 2.32. The number of aromatic hydroxyl groups is 1. The number of phenolic OH excluding ortho intramolecular Hbond substituents is 1. The van der Waals surface area contributed by atoms with Gasteiger partial charge in [0.25, 0.3) is 0 Å². The molecular weight excluding hydrogens is 337 g/mol. The van der Waals surface area contributed by atoms with Crippen LogP contribution in [-0.4, -0.2) is 22.6 Å². The lowest BCUT2D eigenvalue weighted by Crippen LogP contribution is -2.34. The molecule has 26 heavy (non-hydrogen) atoms. The molecule has 1 atom stereocenters. The van der Waals surface area contributed by atoms with Gasteiger partial charge in [0.15, 0.2) is 5.78 Å². The zero-order valence-corrected chi connectivity index (χ0v) is 15.0. The molecule has 0 saturated carbocycles. The molecule has 2 aromatic carbocycles. The molecule has 5 nitrogen and oxygen atoms in total. The van der Waals surface area contributed by atoms with Crippen molar-refractivity contribution < 1.29 is 23.8 Å². The average molecular weight is 359 g/mol. The first-order valence-corrected chi connectivity index (χ1v) is 8.17. The maximum atomic E-state index is 14.1. The Balaban J connectivity index is 2.43. The number of carbonyl (C=O) groups excluding carboxylic acids is 2. The van der Waals surface area contributed by atoms with E-state index < -0.39 is 23.4 Å². The second-order valence-electron chi connectivity index (χ2n) is 6.86. The van der Waals surface area contributed by atoms with Gasteiger partial charge in [-0.3, -0.25) is 4.79 Å². The van der Waals surface area contributed by atoms with Crippen LogP contribution < -0.4 is 5.73 Å². The van der Waals surface area contributed by atoms with Gasteiger partial charge in [-0.05, 0) is 62.2 Å². The largest absolute Gasteiger partial charge is 0.508 e. The fraction of sp³-hybridized carbons (Fsp3) is 0.300. The molecule has 0 fully saturated rings. The summed E-state index contributed by atoms with van der Waals surface area (Å²) in [5.74, 6) is -1.39. The summed E-state index contributed by atoms with van der Waals surface area (Å²) in [5.41, 5.74) is 5.40. The molecule has 2 rings (SSSR count). The van der Waals surface area contributed by atoms with Crippen molar-refractivity contribution >= 4 is 11.9 Å². The summed E-state index contributed by atoms with van der Waals surface area (Å²) >= 11 is 0. The Bertz CT molecular complexity index is 815. The molecule has 6 heteroatoms. The van der Waals surface area contributed by atoms with Gasteiger partial charge in [0.1, 0.15) is 17.2 Å². The number of ketones is 1. The van der Waals surface area contributed by atoms with Gasteiger partial charge in [-0.1, -0.05) is 12.1 Å². The van der Waals surface area contributed by atoms with E-state index >= 15 is 0 Å². The standard InChI is InChI=1S/C20H22FNO4/c1-12-4-5-14(10-17(12)21)16(11-20(2,3)26-19(22)25)18(24)13-6-8-15(23)9-7-13/h4-10,16,23H,11H2,1-3H3,(H2,22,25). The van der Waals surface area contributed by atoms with E-state index in [4.69, 9.17) is 10.5 Å². The first kappa shape index (κ1) is 19.4. The summed E-state index contributed by atoms with van der Waals surface area (Å²) in [7, 11) is 0. The van der Waals surface area contributed by atoms with Crippen molar-refractivity contribution in [2.45, 2.75) is 38.7 Å². The van der Waals surface area contributed by atoms with Crippen molar-refractivity contribution in [3.8, 4) is 5.75 Å². The molecule has 0 bridgehead atoms. The predicted octanol–water partition coefficient (Wildman–Crippen LogP) is 4.07. The van der Waals surface area contributed by atoms with E-state index in [1.54, 1.807) is 32.9 Å². The van der Waals surface area contributed by atoms with Crippen molar-refractivity contribution in [2.24, 2.45) is 5.73 Å². The SMILES string of the molecule is Cc1ccc(C(CC(C)(C)OC(N)=O)C(=O)c2ccc(O)cc2)cc1F. The normalized spacial score (nSPS) is 12.5. The molecule has 3 N–H and O–H groups in total. The highest BCUT2D eigenvalue weighted by Crippen LogP contribution is 2.32. The fourth-order valence-corrected chi connectivity index (χ4v) is 2.82. The van der Waals surface area contributed by atoms with Crippen LogP contribution in [0.4, 0.5) is 9.18 Å². The minimum Gasteiger partial charge on any atom is -0.508 e. The van der Waals surface area contributed by atoms with Crippen molar-refractivity contribution in [1.29, 1.82) is 0 Å². The van der Waals surface area contributed by atoms with Gasteiger partial charge in [-0.2, -0.15) is 0 Å². The Hall–Kier alpha value is -2.89. The molecule has 0 spiro atoms. The van der Waals surface area contributed by atoms with Crippen molar-refractivity contribution in [1.82, 2.24) is 0 Å². The van der Waals surface area contributed by atoms with Gasteiger partial charge >= 0.3 is 6.09 Å². The molecule has 0 radical (unpaired) electrons. The third-order valence-corrected chi connectivity index (χ3v) is 4.14. The number of phenols is 1. The Labute approximate surface area is 151 Å². The molecule has 1 unspecified atom stereocenters. The van der Waals surface area contributed by atoms with Gasteiger partial charge in [0.2, 0.25) is 0 Å². The van der Waals surface area contributed by atoms with Crippen molar-refractivity contribution in [3.63, 3.8) is 0 Å². The molecule has 0 aliphatic heterocycles. The third-order valence-electron chi connectivity index (χ3n) is 4.14. The van der Waals surface area contributed by atoms with Gasteiger partial charge in [-0.15, -0.1) is 0 Å². The summed E-state index contributed by atoms with van der Waals surface area (Å²) in [6.45, 7) is 4.91. The smallest absolute Gasteiger partial charge is 0.405 e. The fourth-order valence-electron chi connectivity index (χ4n) is 2.82. The summed E-state index contributed by atoms with van der Waals surface area (Å²) < 4.78 is 19.2. The number of amides is 1. The minimum atomic E-state index is -1.02. The van der Waals surface area contributed by atoms with E-state index in [0.717, 1.165) is 0 Å². The highest BCUT2D eigenvalue weighted by atomic mass is 19.1. The third kappa shape index (κ3) is 4.81. The molecule has 0 heterocycles. The lowest BCUT2D eigenvalue weighted by Gasteiger charge is -2.29. The number of nitrogens with two attached hydrogens (primary N) is 1. The molecule has 138 valence electrons. The second-order valence-corrected chi connectivity index (χ2v) is 6.86. The molecule has 0 aromatic heterocycles. The first-order valence-electron chi connectivity index (χ1n) is 8.17. The van der Waals surface area contributed by atoms with E-state index in [1.807, 2.05) is 0 Å². The molecule has 1 amide bonds. The van der Waals surface area contributed by atoms with Crippen LogP contribution in [0.15, 0.2) is 42.5 Å². The van der Waals surface area contributed by atoms with Crippen LogP contribution >= 0.6 is 0 Å². The van der Waals surface area contributed by atoms with Crippen LogP contribution in [0, 0.1) is 12.7 Å². The van der Waals surface area contributed by atoms with E-state index in [1.165, 1.54) is 30.3 Å². The number of carbonyl (C=O) groups is 2. The van der Waals surface area contributed by atoms with Gasteiger partial charge in [0, 0.05) is 12.0 Å². The molecular formula is C20H22FNO4. The van der Waals surface area contributed by atoms with Gasteiger partial charge in [0.05, 0.1) is 5.92 Å². The maximum Gasteiger partial charge on any atom is 0.405 e. The van der Waals surface area contributed by atoms with Gasteiger partial charge in [-0.25, -0.2) is 9.18 Å². The van der Waals surface area contributed by atoms with E-state index in [-0.39, 0.29) is 18.0 Å². The van der Waals surface area contributed by atoms with Crippen molar-refractivity contribution in [3.05, 3.63) is 65.0 Å². The van der Waals surface area contributed by atoms with Crippen LogP contribution in [0.25, 0.3) is 0 Å². The summed E-state index contributed by atoms with van der Waals surface area (Å²) in [6, 6.07) is 10.4. The zero-order chi connectivity index (χ0) is 19.5. The summed E-state index contributed by atoms with van der Waals surface area (Å²) in [5, 5.41) is 9.41. The summed E-state index contributed by atoms with van der Waals surface area (Å²) in [6.07, 6.45) is -0.820. The predicted molar refractivity (Wildman–Crippen MR) is 95.7 cm³/mol. The number of ether oxygens (including phenoxy) is 1. The van der Waals surface area contributed by atoms with Crippen LogP contribution in [-0.2, 0) is 4.74 Å². The number of halogens is 1. The quantitative estimate of drug-likeness (QED) is 0.761. The lowest BCUT2D eigenvalue weighted by atomic mass is 9.82. The van der Waals surface area contributed by atoms with Crippen molar-refractivity contribution in [2.75, 3.05) is 0 Å². The highest BCUT2D eigenvalue weighted by molar-refractivity contribution is 6.01. The Morgan fingerprint density at radius 1 is 1.19 bits per heavy atom. The topological polar surface area (TPSA) is 89.6 Å². The second kappa shape index (κ2) is 7.56. The van der Waals surface area contributed by atoms with E-state index in [0.29, 0.717) is 16.7 Å². The van der Waals surface area contributed by atoms with Crippen LogP contribution in [0.5, 0.6) is 5.75 Å². The van der Waals surface area contributed by atoms with Crippen LogP contribution in [0.2, 0.25) is 0 Å². The Morgan fingerprint density at radius 2 is 1.81 bits per heavy atom. The number of rotatable bonds is 6. The van der Waals surface area contributed by atoms with E-state index in [2.05, 4.69) is 0 Å². The maximum absolute atomic E-state index is 14.1. The zero-order valence-electron chi connectivity index (χ0n) is 15.0.